The molecule has 2 aliphatic rings. The molecule has 10 heteroatoms. The van der Waals surface area contributed by atoms with Gasteiger partial charge in [-0.3, -0.25) is 4.90 Å². The molecule has 2 fully saturated rings. The van der Waals surface area contributed by atoms with Gasteiger partial charge in [0.15, 0.2) is 0 Å². The standard InChI is InChI=1S/C18H26ClNO3S.C13H18ClNOS/c1-18(2,3)23-17(21)20-10-16(12-24-4)22-11-15(20)9-13-5-7-14(19)8-6-13;1-17-9-13-7-15-12(8-16-13)6-10-2-4-11(14)5-3-10/h5-8,15-16H,9-12H2,1-4H3;2-5,12-13,15H,6-9H2,1H3/t15-,16+;12-,13+/m00/s1. The Morgan fingerprint density at radius 3 is 1.95 bits per heavy atom. The molecule has 2 heterocycles. The molecule has 6 nitrogen and oxygen atoms in total. The number of hydrogen-bond donors (Lipinski definition) is 1. The number of hydrogen-bond acceptors (Lipinski definition) is 7. The molecule has 4 rings (SSSR count). The minimum atomic E-state index is -0.505. The average Bonchev–Trinajstić information content (AvgIpc) is 2.93. The van der Waals surface area contributed by atoms with Crippen LogP contribution < -0.4 is 5.32 Å². The molecule has 0 radical (unpaired) electrons. The Morgan fingerprint density at radius 2 is 1.44 bits per heavy atom. The van der Waals surface area contributed by atoms with Crippen molar-refractivity contribution in [2.75, 3.05) is 50.3 Å². The number of carbonyl (C=O) groups is 1. The van der Waals surface area contributed by atoms with Crippen LogP contribution in [0.1, 0.15) is 31.9 Å². The van der Waals surface area contributed by atoms with Gasteiger partial charge < -0.3 is 19.5 Å². The smallest absolute Gasteiger partial charge is 0.410 e. The SMILES string of the molecule is CSC[C@H]1CN(C(=O)OC(C)(C)C)[C@@H](Cc2ccc(Cl)cc2)CO1.CSC[C@H]1CN[C@@H](Cc2ccc(Cl)cc2)CO1. The average molecular weight is 644 g/mol. The van der Waals surface area contributed by atoms with Crippen LogP contribution in [0.15, 0.2) is 48.5 Å². The second-order valence-corrected chi connectivity index (χ2v) is 14.1. The van der Waals surface area contributed by atoms with Crippen molar-refractivity contribution in [3.63, 3.8) is 0 Å². The molecule has 0 saturated carbocycles. The van der Waals surface area contributed by atoms with Crippen molar-refractivity contribution in [3.8, 4) is 0 Å². The van der Waals surface area contributed by atoms with Crippen molar-refractivity contribution >= 4 is 52.8 Å². The van der Waals surface area contributed by atoms with Gasteiger partial charge in [0.2, 0.25) is 0 Å². The Labute approximate surface area is 264 Å². The molecular formula is C31H44Cl2N2O4S2. The van der Waals surface area contributed by atoms with Gasteiger partial charge in [-0.1, -0.05) is 47.5 Å². The topological polar surface area (TPSA) is 60.0 Å². The first-order chi connectivity index (χ1) is 19.6. The third-order valence-corrected chi connectivity index (χ3v) is 8.56. The Hall–Kier alpha value is -1.13. The molecule has 0 aromatic heterocycles. The molecule has 4 atom stereocenters. The number of ether oxygens (including phenoxy) is 3. The van der Waals surface area contributed by atoms with E-state index in [4.69, 9.17) is 37.4 Å². The van der Waals surface area contributed by atoms with Gasteiger partial charge in [0.1, 0.15) is 5.60 Å². The third-order valence-electron chi connectivity index (χ3n) is 6.65. The highest BCUT2D eigenvalue weighted by Crippen LogP contribution is 2.22. The van der Waals surface area contributed by atoms with E-state index in [1.165, 1.54) is 5.56 Å². The van der Waals surface area contributed by atoms with Crippen LogP contribution in [0.5, 0.6) is 0 Å². The monoisotopic (exact) mass is 642 g/mol. The van der Waals surface area contributed by atoms with E-state index in [1.807, 2.05) is 80.1 Å². The zero-order chi connectivity index (χ0) is 29.8. The molecule has 2 aromatic rings. The molecule has 0 aliphatic carbocycles. The number of morpholine rings is 2. The first-order valence-corrected chi connectivity index (χ1v) is 17.5. The molecule has 0 unspecified atom stereocenters. The second kappa shape index (κ2) is 17.2. The first-order valence-electron chi connectivity index (χ1n) is 14.0. The minimum Gasteiger partial charge on any atom is -0.444 e. The number of halogens is 2. The highest BCUT2D eigenvalue weighted by Gasteiger charge is 2.35. The second-order valence-electron chi connectivity index (χ2n) is 11.4. The van der Waals surface area contributed by atoms with E-state index in [0.29, 0.717) is 30.3 Å². The lowest BCUT2D eigenvalue weighted by Gasteiger charge is -2.40. The molecule has 0 bridgehead atoms. The number of nitrogens with zero attached hydrogens (tertiary/aromatic N) is 1. The Balaban J connectivity index is 0.000000239. The third kappa shape index (κ3) is 12.6. The molecule has 1 N–H and O–H groups in total. The van der Waals surface area contributed by atoms with Crippen molar-refractivity contribution in [1.29, 1.82) is 0 Å². The number of rotatable bonds is 8. The number of nitrogens with one attached hydrogen (secondary N) is 1. The van der Waals surface area contributed by atoms with Gasteiger partial charge in [-0.2, -0.15) is 23.5 Å². The summed E-state index contributed by atoms with van der Waals surface area (Å²) in [5, 5.41) is 5.05. The van der Waals surface area contributed by atoms with Crippen molar-refractivity contribution < 1.29 is 19.0 Å². The maximum absolute atomic E-state index is 12.6. The van der Waals surface area contributed by atoms with Gasteiger partial charge >= 0.3 is 6.09 Å². The molecular weight excluding hydrogens is 599 g/mol. The lowest BCUT2D eigenvalue weighted by Crippen LogP contribution is -2.54. The molecule has 2 aliphatic heterocycles. The van der Waals surface area contributed by atoms with Gasteiger partial charge in [-0.15, -0.1) is 0 Å². The van der Waals surface area contributed by atoms with E-state index >= 15 is 0 Å². The summed E-state index contributed by atoms with van der Waals surface area (Å²) in [6, 6.07) is 16.2. The molecule has 0 spiro atoms. The van der Waals surface area contributed by atoms with Gasteiger partial charge in [-0.25, -0.2) is 4.79 Å². The summed E-state index contributed by atoms with van der Waals surface area (Å²) in [7, 11) is 0. The van der Waals surface area contributed by atoms with Gasteiger partial charge in [0.05, 0.1) is 38.0 Å². The van der Waals surface area contributed by atoms with E-state index < -0.39 is 5.60 Å². The molecule has 228 valence electrons. The van der Waals surface area contributed by atoms with Crippen LogP contribution in [-0.4, -0.2) is 91.2 Å². The van der Waals surface area contributed by atoms with Crippen LogP contribution in [-0.2, 0) is 27.1 Å². The fourth-order valence-corrected chi connectivity index (χ4v) is 6.06. The fourth-order valence-electron chi connectivity index (χ4n) is 4.65. The molecule has 1 amide bonds. The summed E-state index contributed by atoms with van der Waals surface area (Å²) in [6.07, 6.45) is 6.03. The maximum Gasteiger partial charge on any atom is 0.410 e. The zero-order valence-corrected chi connectivity index (χ0v) is 27.9. The van der Waals surface area contributed by atoms with E-state index in [9.17, 15) is 4.79 Å². The summed E-state index contributed by atoms with van der Waals surface area (Å²) in [6.45, 7) is 8.50. The highest BCUT2D eigenvalue weighted by molar-refractivity contribution is 7.98. The summed E-state index contributed by atoms with van der Waals surface area (Å²) in [5.74, 6) is 1.94. The minimum absolute atomic E-state index is 0.0286. The highest BCUT2D eigenvalue weighted by atomic mass is 35.5. The normalized spacial score (nSPS) is 23.0. The number of thioether (sulfide) groups is 2. The quantitative estimate of drug-likeness (QED) is 0.338. The fraction of sp³-hybridized carbons (Fsp3) is 0.581. The van der Waals surface area contributed by atoms with Crippen molar-refractivity contribution in [2.45, 2.75) is 63.5 Å². The molecule has 2 aromatic carbocycles. The zero-order valence-electron chi connectivity index (χ0n) is 24.7. The predicted molar refractivity (Wildman–Crippen MR) is 175 cm³/mol. The van der Waals surface area contributed by atoms with Crippen molar-refractivity contribution in [3.05, 3.63) is 69.7 Å². The Kier molecular flexibility index (Phi) is 14.4. The van der Waals surface area contributed by atoms with Crippen molar-refractivity contribution in [1.82, 2.24) is 10.2 Å². The maximum atomic E-state index is 12.6. The Bertz CT molecular complexity index is 1050. The van der Waals surface area contributed by atoms with Gasteiger partial charge in [0.25, 0.3) is 0 Å². The first kappa shape index (κ1) is 34.4. The van der Waals surface area contributed by atoms with Crippen LogP contribution in [0.3, 0.4) is 0 Å². The van der Waals surface area contributed by atoms with Crippen molar-refractivity contribution in [2.24, 2.45) is 0 Å². The lowest BCUT2D eigenvalue weighted by atomic mass is 10.0. The molecule has 2 saturated heterocycles. The van der Waals surface area contributed by atoms with Crippen LogP contribution in [0.25, 0.3) is 0 Å². The van der Waals surface area contributed by atoms with E-state index in [1.54, 1.807) is 11.8 Å². The summed E-state index contributed by atoms with van der Waals surface area (Å²) >= 11 is 15.4. The van der Waals surface area contributed by atoms with Gasteiger partial charge in [0, 0.05) is 34.1 Å². The number of carbonyl (C=O) groups excluding carboxylic acids is 1. The van der Waals surface area contributed by atoms with Crippen LogP contribution in [0.4, 0.5) is 4.79 Å². The lowest BCUT2D eigenvalue weighted by molar-refractivity contribution is -0.0613. The number of amides is 1. The van der Waals surface area contributed by atoms with Gasteiger partial charge in [-0.05, 0) is 81.5 Å². The van der Waals surface area contributed by atoms with Crippen LogP contribution >= 0.6 is 46.7 Å². The van der Waals surface area contributed by atoms with Crippen LogP contribution in [0, 0.1) is 0 Å². The summed E-state index contributed by atoms with van der Waals surface area (Å²) in [4.78, 5) is 14.5. The molecule has 41 heavy (non-hydrogen) atoms. The van der Waals surface area contributed by atoms with E-state index in [2.05, 4.69) is 23.7 Å². The largest absolute Gasteiger partial charge is 0.444 e. The van der Waals surface area contributed by atoms with Crippen LogP contribution in [0.2, 0.25) is 10.0 Å². The summed E-state index contributed by atoms with van der Waals surface area (Å²) < 4.78 is 17.4. The predicted octanol–water partition coefficient (Wildman–Crippen LogP) is 6.85. The Morgan fingerprint density at radius 1 is 0.902 bits per heavy atom. The summed E-state index contributed by atoms with van der Waals surface area (Å²) in [5.41, 5.74) is 1.93. The van der Waals surface area contributed by atoms with E-state index in [0.717, 1.165) is 48.1 Å². The number of benzene rings is 2. The van der Waals surface area contributed by atoms with E-state index in [-0.39, 0.29) is 18.2 Å².